The number of aromatic nitrogens is 1. The molecule has 1 aromatic carbocycles. The van der Waals surface area contributed by atoms with Crippen LogP contribution in [-0.2, 0) is 6.18 Å². The second-order valence-electron chi connectivity index (χ2n) is 4.13. The van der Waals surface area contributed by atoms with Gasteiger partial charge in [0.05, 0.1) is 26.9 Å². The number of hydrogen-bond donors (Lipinski definition) is 1. The Morgan fingerprint density at radius 2 is 1.82 bits per heavy atom. The van der Waals surface area contributed by atoms with Gasteiger partial charge in [-0.05, 0) is 18.2 Å². The van der Waals surface area contributed by atoms with Crippen LogP contribution in [-0.4, -0.2) is 16.1 Å². The van der Waals surface area contributed by atoms with E-state index in [9.17, 15) is 18.0 Å². The highest BCUT2D eigenvalue weighted by molar-refractivity contribution is 6.45. The highest BCUT2D eigenvalue weighted by Crippen LogP contribution is 2.42. The maximum Gasteiger partial charge on any atom is 0.419 e. The average molecular weight is 371 g/mol. The van der Waals surface area contributed by atoms with Crippen LogP contribution in [0.4, 0.5) is 13.2 Å². The van der Waals surface area contributed by atoms with Crippen LogP contribution in [0.1, 0.15) is 15.9 Å². The lowest BCUT2D eigenvalue weighted by molar-refractivity contribution is -0.137. The standard InChI is InChI=1S/C13H5Cl3F3NO2/c14-5-3-7(10(16)8(15)4-5)11-9(13(17,18)19)6(12(21)22)1-2-20-11/h1-4H,(H,21,22). The largest absolute Gasteiger partial charge is 0.478 e. The van der Waals surface area contributed by atoms with Gasteiger partial charge in [-0.2, -0.15) is 13.2 Å². The normalized spacial score (nSPS) is 11.5. The Balaban J connectivity index is 2.88. The number of pyridine rings is 1. The SMILES string of the molecule is O=C(O)c1ccnc(-c2cc(Cl)cc(Cl)c2Cl)c1C(F)(F)F. The van der Waals surface area contributed by atoms with Gasteiger partial charge < -0.3 is 5.11 Å². The summed E-state index contributed by atoms with van der Waals surface area (Å²) in [5.41, 5.74) is -3.20. The zero-order valence-electron chi connectivity index (χ0n) is 10.4. The second kappa shape index (κ2) is 5.95. The smallest absolute Gasteiger partial charge is 0.419 e. The molecule has 0 unspecified atom stereocenters. The summed E-state index contributed by atoms with van der Waals surface area (Å²) in [7, 11) is 0. The van der Waals surface area contributed by atoms with Gasteiger partial charge in [0.1, 0.15) is 0 Å². The first-order valence-corrected chi connectivity index (χ1v) is 6.70. The van der Waals surface area contributed by atoms with Crippen molar-refractivity contribution in [3.63, 3.8) is 0 Å². The maximum absolute atomic E-state index is 13.3. The van der Waals surface area contributed by atoms with Crippen molar-refractivity contribution in [2.75, 3.05) is 0 Å². The van der Waals surface area contributed by atoms with Gasteiger partial charge in [-0.3, -0.25) is 4.98 Å². The summed E-state index contributed by atoms with van der Waals surface area (Å²) >= 11 is 17.5. The van der Waals surface area contributed by atoms with E-state index in [-0.39, 0.29) is 20.6 Å². The van der Waals surface area contributed by atoms with E-state index in [1.807, 2.05) is 0 Å². The Kier molecular flexibility index (Phi) is 4.56. The molecule has 2 rings (SSSR count). The van der Waals surface area contributed by atoms with Gasteiger partial charge in [-0.25, -0.2) is 4.79 Å². The van der Waals surface area contributed by atoms with E-state index >= 15 is 0 Å². The number of carboxylic acid groups (broad SMARTS) is 1. The molecule has 1 heterocycles. The van der Waals surface area contributed by atoms with E-state index in [1.54, 1.807) is 0 Å². The van der Waals surface area contributed by atoms with Crippen LogP contribution >= 0.6 is 34.8 Å². The molecule has 116 valence electrons. The lowest BCUT2D eigenvalue weighted by atomic mass is 10.0. The summed E-state index contributed by atoms with van der Waals surface area (Å²) in [6.45, 7) is 0. The third-order valence-corrected chi connectivity index (χ3v) is 3.73. The van der Waals surface area contributed by atoms with Crippen LogP contribution in [0, 0.1) is 0 Å². The summed E-state index contributed by atoms with van der Waals surface area (Å²) in [4.78, 5) is 14.7. The zero-order valence-corrected chi connectivity index (χ0v) is 12.6. The Morgan fingerprint density at radius 3 is 2.36 bits per heavy atom. The molecular weight excluding hydrogens is 366 g/mol. The molecule has 0 saturated carbocycles. The molecule has 0 atom stereocenters. The molecule has 2 aromatic rings. The molecule has 0 fully saturated rings. The van der Waals surface area contributed by atoms with Gasteiger partial charge >= 0.3 is 12.1 Å². The van der Waals surface area contributed by atoms with Crippen molar-refractivity contribution < 1.29 is 23.1 Å². The van der Waals surface area contributed by atoms with Crippen molar-refractivity contribution in [1.82, 2.24) is 4.98 Å². The van der Waals surface area contributed by atoms with Crippen molar-refractivity contribution in [3.05, 3.63) is 50.6 Å². The van der Waals surface area contributed by atoms with Crippen LogP contribution in [0.2, 0.25) is 15.1 Å². The van der Waals surface area contributed by atoms with Gasteiger partial charge in [0.25, 0.3) is 0 Å². The molecule has 0 aliphatic carbocycles. The van der Waals surface area contributed by atoms with E-state index in [0.717, 1.165) is 18.3 Å². The first-order chi connectivity index (χ1) is 10.1. The Morgan fingerprint density at radius 1 is 1.18 bits per heavy atom. The van der Waals surface area contributed by atoms with Crippen LogP contribution in [0.3, 0.4) is 0 Å². The third kappa shape index (κ3) is 3.14. The number of hydrogen-bond acceptors (Lipinski definition) is 2. The summed E-state index contributed by atoms with van der Waals surface area (Å²) in [6, 6.07) is 3.15. The van der Waals surface area contributed by atoms with Gasteiger partial charge in [0.15, 0.2) is 0 Å². The number of benzene rings is 1. The Labute approximate surface area is 137 Å². The molecule has 0 radical (unpaired) electrons. The minimum Gasteiger partial charge on any atom is -0.478 e. The number of rotatable bonds is 2. The molecule has 22 heavy (non-hydrogen) atoms. The molecule has 0 amide bonds. The molecular formula is C13H5Cl3F3NO2. The molecule has 1 N–H and O–H groups in total. The zero-order chi connectivity index (χ0) is 16.7. The molecule has 0 saturated heterocycles. The van der Waals surface area contributed by atoms with E-state index < -0.39 is 29.0 Å². The predicted octanol–water partition coefficient (Wildman–Crippen LogP) is 5.43. The van der Waals surface area contributed by atoms with Crippen LogP contribution in [0.25, 0.3) is 11.3 Å². The first-order valence-electron chi connectivity index (χ1n) is 5.57. The predicted molar refractivity (Wildman–Crippen MR) is 76.7 cm³/mol. The van der Waals surface area contributed by atoms with E-state index in [1.165, 1.54) is 6.07 Å². The van der Waals surface area contributed by atoms with E-state index in [4.69, 9.17) is 39.9 Å². The summed E-state index contributed by atoms with van der Waals surface area (Å²) in [5.74, 6) is -1.74. The van der Waals surface area contributed by atoms with Gasteiger partial charge in [0.2, 0.25) is 0 Å². The van der Waals surface area contributed by atoms with Gasteiger partial charge in [0, 0.05) is 16.8 Å². The fourth-order valence-corrected chi connectivity index (χ4v) is 2.55. The molecule has 3 nitrogen and oxygen atoms in total. The lowest BCUT2D eigenvalue weighted by Crippen LogP contribution is -2.15. The van der Waals surface area contributed by atoms with Gasteiger partial charge in [-0.15, -0.1) is 0 Å². The monoisotopic (exact) mass is 369 g/mol. The third-order valence-electron chi connectivity index (χ3n) is 2.71. The highest BCUT2D eigenvalue weighted by atomic mass is 35.5. The minimum absolute atomic E-state index is 0.0417. The number of carbonyl (C=O) groups is 1. The fourth-order valence-electron chi connectivity index (χ4n) is 1.86. The topological polar surface area (TPSA) is 50.2 Å². The van der Waals surface area contributed by atoms with E-state index in [0.29, 0.717) is 0 Å². The summed E-state index contributed by atoms with van der Waals surface area (Å²) < 4.78 is 39.8. The molecule has 1 aromatic heterocycles. The second-order valence-corrected chi connectivity index (χ2v) is 5.36. The van der Waals surface area contributed by atoms with Crippen molar-refractivity contribution in [1.29, 1.82) is 0 Å². The number of carboxylic acids is 1. The number of aromatic carboxylic acids is 1. The molecule has 0 aliphatic rings. The minimum atomic E-state index is -4.95. The molecule has 0 spiro atoms. The maximum atomic E-state index is 13.3. The van der Waals surface area contributed by atoms with Crippen LogP contribution in [0.15, 0.2) is 24.4 Å². The van der Waals surface area contributed by atoms with Crippen LogP contribution in [0.5, 0.6) is 0 Å². The summed E-state index contributed by atoms with van der Waals surface area (Å²) in [6.07, 6.45) is -4.01. The fraction of sp³-hybridized carbons (Fsp3) is 0.0769. The Hall–Kier alpha value is -1.50. The molecule has 9 heteroatoms. The van der Waals surface area contributed by atoms with E-state index in [2.05, 4.69) is 4.98 Å². The van der Waals surface area contributed by atoms with Gasteiger partial charge in [-0.1, -0.05) is 34.8 Å². The van der Waals surface area contributed by atoms with Crippen molar-refractivity contribution in [2.45, 2.75) is 6.18 Å². The van der Waals surface area contributed by atoms with Crippen LogP contribution < -0.4 is 0 Å². The molecule has 0 aliphatic heterocycles. The van der Waals surface area contributed by atoms with Crippen molar-refractivity contribution >= 4 is 40.8 Å². The first kappa shape index (κ1) is 16.9. The number of nitrogens with zero attached hydrogens (tertiary/aromatic N) is 1. The van der Waals surface area contributed by atoms with Crippen molar-refractivity contribution in [3.8, 4) is 11.3 Å². The quantitative estimate of drug-likeness (QED) is 0.718. The number of alkyl halides is 3. The summed E-state index contributed by atoms with van der Waals surface area (Å²) in [5, 5.41) is 8.74. The highest BCUT2D eigenvalue weighted by Gasteiger charge is 2.39. The average Bonchev–Trinajstić information content (AvgIpc) is 2.41. The molecule has 0 bridgehead atoms. The number of halogens is 6. The van der Waals surface area contributed by atoms with Crippen molar-refractivity contribution in [2.24, 2.45) is 0 Å². The lowest BCUT2D eigenvalue weighted by Gasteiger charge is -2.16. The Bertz CT molecular complexity index is 763.